The van der Waals surface area contributed by atoms with Gasteiger partial charge < -0.3 is 19.3 Å². The standard InChI is InChI=1S/C26H32N4O3S/c1-5-29(6-2)22-10-7-19(23(18-22)32-4)17-24-25(31)28(3)26(34-24)27-20-8-11-21(12-9-20)30-13-15-33-16-14-30/h7-12,17-18H,5-6,13-16H2,1-4H3/b24-17-,27-26?. The highest BCUT2D eigenvalue weighted by Crippen LogP contribution is 2.36. The number of carbonyl (C=O) groups excluding carboxylic acids is 1. The maximum absolute atomic E-state index is 12.9. The van der Waals surface area contributed by atoms with Crippen molar-refractivity contribution >= 4 is 46.0 Å². The number of anilines is 2. The molecule has 0 aliphatic carbocycles. The van der Waals surface area contributed by atoms with Crippen molar-refractivity contribution in [2.24, 2.45) is 4.99 Å². The normalized spacial score (nSPS) is 18.8. The first-order valence-corrected chi connectivity index (χ1v) is 12.5. The molecule has 0 spiro atoms. The average molecular weight is 481 g/mol. The monoisotopic (exact) mass is 480 g/mol. The van der Waals surface area contributed by atoms with Gasteiger partial charge >= 0.3 is 0 Å². The number of carbonyl (C=O) groups is 1. The highest BCUT2D eigenvalue weighted by Gasteiger charge is 2.30. The van der Waals surface area contributed by atoms with Crippen LogP contribution >= 0.6 is 11.8 Å². The molecule has 180 valence electrons. The molecule has 0 atom stereocenters. The van der Waals surface area contributed by atoms with Gasteiger partial charge in [-0.2, -0.15) is 0 Å². The Bertz CT molecular complexity index is 1070. The van der Waals surface area contributed by atoms with E-state index in [2.05, 4.69) is 41.8 Å². The molecular weight excluding hydrogens is 448 g/mol. The van der Waals surface area contributed by atoms with Crippen LogP contribution in [0.5, 0.6) is 5.75 Å². The molecule has 0 N–H and O–H groups in total. The van der Waals surface area contributed by atoms with Crippen molar-refractivity contribution < 1.29 is 14.3 Å². The van der Waals surface area contributed by atoms with Gasteiger partial charge in [-0.15, -0.1) is 0 Å². The zero-order valence-electron chi connectivity index (χ0n) is 20.3. The number of ether oxygens (including phenoxy) is 2. The largest absolute Gasteiger partial charge is 0.496 e. The maximum Gasteiger partial charge on any atom is 0.266 e. The number of morpholine rings is 1. The van der Waals surface area contributed by atoms with Crippen LogP contribution in [0.4, 0.5) is 17.1 Å². The lowest BCUT2D eigenvalue weighted by Crippen LogP contribution is -2.36. The number of hydrogen-bond acceptors (Lipinski definition) is 7. The van der Waals surface area contributed by atoms with Crippen LogP contribution in [-0.4, -0.2) is 69.5 Å². The van der Waals surface area contributed by atoms with Gasteiger partial charge in [0.2, 0.25) is 0 Å². The number of amidine groups is 1. The highest BCUT2D eigenvalue weighted by molar-refractivity contribution is 8.18. The molecule has 2 aliphatic heterocycles. The lowest BCUT2D eigenvalue weighted by Gasteiger charge is -2.28. The van der Waals surface area contributed by atoms with Crippen molar-refractivity contribution in [3.63, 3.8) is 0 Å². The fourth-order valence-corrected chi connectivity index (χ4v) is 5.05. The van der Waals surface area contributed by atoms with Crippen LogP contribution in [0.2, 0.25) is 0 Å². The topological polar surface area (TPSA) is 57.6 Å². The fourth-order valence-electron chi connectivity index (χ4n) is 4.07. The van der Waals surface area contributed by atoms with E-state index in [0.717, 1.165) is 67.8 Å². The van der Waals surface area contributed by atoms with Gasteiger partial charge in [0.25, 0.3) is 5.91 Å². The van der Waals surface area contributed by atoms with Crippen LogP contribution in [0.15, 0.2) is 52.4 Å². The van der Waals surface area contributed by atoms with Crippen LogP contribution in [0.3, 0.4) is 0 Å². The summed E-state index contributed by atoms with van der Waals surface area (Å²) in [4.78, 5) is 24.5. The summed E-state index contributed by atoms with van der Waals surface area (Å²) < 4.78 is 11.1. The van der Waals surface area contributed by atoms with Gasteiger partial charge in [0.15, 0.2) is 5.17 Å². The second-order valence-electron chi connectivity index (χ2n) is 8.08. The first-order valence-electron chi connectivity index (χ1n) is 11.7. The summed E-state index contributed by atoms with van der Waals surface area (Å²) >= 11 is 1.38. The van der Waals surface area contributed by atoms with Crippen molar-refractivity contribution in [2.45, 2.75) is 13.8 Å². The SMILES string of the molecule is CCN(CC)c1ccc(/C=C2\SC(=Nc3ccc(N4CCOCC4)cc3)N(C)C2=O)c(OC)c1. The molecule has 7 nitrogen and oxygen atoms in total. The minimum Gasteiger partial charge on any atom is -0.496 e. The van der Waals surface area contributed by atoms with E-state index in [1.807, 2.05) is 30.3 Å². The Labute approximate surface area is 206 Å². The zero-order chi connectivity index (χ0) is 24.1. The lowest BCUT2D eigenvalue weighted by atomic mass is 10.1. The van der Waals surface area contributed by atoms with Crippen molar-refractivity contribution in [1.82, 2.24) is 4.90 Å². The van der Waals surface area contributed by atoms with E-state index in [1.165, 1.54) is 11.8 Å². The molecule has 2 fully saturated rings. The number of rotatable bonds is 7. The summed E-state index contributed by atoms with van der Waals surface area (Å²) in [7, 11) is 3.42. The average Bonchev–Trinajstić information content (AvgIpc) is 3.14. The summed E-state index contributed by atoms with van der Waals surface area (Å²) in [5.41, 5.74) is 3.96. The number of benzene rings is 2. The van der Waals surface area contributed by atoms with Crippen molar-refractivity contribution in [1.29, 1.82) is 0 Å². The van der Waals surface area contributed by atoms with Crippen molar-refractivity contribution in [2.75, 3.05) is 63.4 Å². The highest BCUT2D eigenvalue weighted by atomic mass is 32.2. The van der Waals surface area contributed by atoms with E-state index in [0.29, 0.717) is 10.1 Å². The molecule has 8 heteroatoms. The minimum absolute atomic E-state index is 0.0661. The van der Waals surface area contributed by atoms with Gasteiger partial charge in [-0.25, -0.2) is 4.99 Å². The van der Waals surface area contributed by atoms with Crippen LogP contribution < -0.4 is 14.5 Å². The Morgan fingerprint density at radius 3 is 2.47 bits per heavy atom. The van der Waals surface area contributed by atoms with Gasteiger partial charge in [0, 0.05) is 56.2 Å². The van der Waals surface area contributed by atoms with Crippen molar-refractivity contribution in [3.05, 3.63) is 52.9 Å². The summed E-state index contributed by atoms with van der Waals surface area (Å²) in [6, 6.07) is 14.2. The van der Waals surface area contributed by atoms with Crippen molar-refractivity contribution in [3.8, 4) is 5.75 Å². The van der Waals surface area contributed by atoms with E-state index < -0.39 is 0 Å². The number of aliphatic imine (C=N–C) groups is 1. The zero-order valence-corrected chi connectivity index (χ0v) is 21.1. The lowest BCUT2D eigenvalue weighted by molar-refractivity contribution is -0.121. The number of hydrogen-bond donors (Lipinski definition) is 0. The maximum atomic E-state index is 12.9. The third kappa shape index (κ3) is 5.23. The number of thioether (sulfide) groups is 1. The number of nitrogens with zero attached hydrogens (tertiary/aromatic N) is 4. The first kappa shape index (κ1) is 24.2. The van der Waals surface area contributed by atoms with E-state index >= 15 is 0 Å². The molecule has 2 aliphatic rings. The van der Waals surface area contributed by atoms with Crippen LogP contribution in [0.25, 0.3) is 6.08 Å². The summed E-state index contributed by atoms with van der Waals surface area (Å²) in [5.74, 6) is 0.681. The molecule has 2 aromatic carbocycles. The molecule has 2 heterocycles. The second kappa shape index (κ2) is 11.0. The van der Waals surface area contributed by atoms with Gasteiger partial charge in [-0.05, 0) is 68.1 Å². The predicted molar refractivity (Wildman–Crippen MR) is 141 cm³/mol. The number of amides is 1. The van der Waals surface area contributed by atoms with Gasteiger partial charge in [-0.3, -0.25) is 9.69 Å². The second-order valence-corrected chi connectivity index (χ2v) is 9.09. The molecule has 0 bridgehead atoms. The van der Waals surface area contributed by atoms with E-state index in [9.17, 15) is 4.79 Å². The quantitative estimate of drug-likeness (QED) is 0.540. The summed E-state index contributed by atoms with van der Waals surface area (Å²) in [5, 5.41) is 0.661. The molecule has 0 aromatic heterocycles. The third-order valence-electron chi connectivity index (χ3n) is 6.09. The van der Waals surface area contributed by atoms with E-state index in [-0.39, 0.29) is 5.91 Å². The summed E-state index contributed by atoms with van der Waals surface area (Å²) in [6.07, 6.45) is 1.89. The molecular formula is C26H32N4O3S. The summed E-state index contributed by atoms with van der Waals surface area (Å²) in [6.45, 7) is 9.42. The van der Waals surface area contributed by atoms with Gasteiger partial charge in [0.1, 0.15) is 5.75 Å². The molecule has 0 saturated carbocycles. The molecule has 0 radical (unpaired) electrons. The first-order chi connectivity index (χ1) is 16.5. The smallest absolute Gasteiger partial charge is 0.266 e. The Hall–Kier alpha value is -2.97. The van der Waals surface area contributed by atoms with E-state index in [4.69, 9.17) is 14.5 Å². The van der Waals surface area contributed by atoms with E-state index in [1.54, 1.807) is 19.1 Å². The molecule has 2 saturated heterocycles. The Balaban J connectivity index is 1.53. The Morgan fingerprint density at radius 2 is 1.82 bits per heavy atom. The van der Waals surface area contributed by atoms with Gasteiger partial charge in [-0.1, -0.05) is 0 Å². The van der Waals surface area contributed by atoms with Crippen LogP contribution in [0, 0.1) is 0 Å². The van der Waals surface area contributed by atoms with Crippen LogP contribution in [-0.2, 0) is 9.53 Å². The molecule has 2 aromatic rings. The minimum atomic E-state index is -0.0661. The number of likely N-dealkylation sites (N-methyl/N-ethyl adjacent to an activating group) is 1. The Morgan fingerprint density at radius 1 is 1.12 bits per heavy atom. The number of methoxy groups -OCH3 is 1. The fraction of sp³-hybridized carbons (Fsp3) is 0.385. The Kier molecular flexibility index (Phi) is 7.80. The molecule has 1 amide bonds. The molecule has 34 heavy (non-hydrogen) atoms. The predicted octanol–water partition coefficient (Wildman–Crippen LogP) is 4.61. The van der Waals surface area contributed by atoms with Gasteiger partial charge in [0.05, 0.1) is 30.9 Å². The third-order valence-corrected chi connectivity index (χ3v) is 7.15. The van der Waals surface area contributed by atoms with Crippen LogP contribution in [0.1, 0.15) is 19.4 Å². The molecule has 4 rings (SSSR count). The molecule has 0 unspecified atom stereocenters.